The number of halogens is 2. The van der Waals surface area contributed by atoms with Gasteiger partial charge in [0.25, 0.3) is 0 Å². The third-order valence-electron chi connectivity index (χ3n) is 8.17. The lowest BCUT2D eigenvalue weighted by Gasteiger charge is -2.35. The van der Waals surface area contributed by atoms with Crippen LogP contribution in [-0.2, 0) is 24.3 Å². The molecule has 1 heterocycles. The summed E-state index contributed by atoms with van der Waals surface area (Å²) < 4.78 is 21.9. The second-order valence-electron chi connectivity index (χ2n) is 10.7. The van der Waals surface area contributed by atoms with E-state index in [0.717, 1.165) is 42.8 Å². The van der Waals surface area contributed by atoms with Gasteiger partial charge in [-0.05, 0) is 85.4 Å². The largest absolute Gasteiger partial charge is 0.494 e. The predicted molar refractivity (Wildman–Crippen MR) is 146 cm³/mol. The maximum absolute atomic E-state index is 15.0. The van der Waals surface area contributed by atoms with Crippen molar-refractivity contribution in [1.29, 1.82) is 0 Å². The Morgan fingerprint density at radius 3 is 2.46 bits per heavy atom. The molecule has 3 N–H and O–H groups in total. The average molecular weight is 557 g/mol. The van der Waals surface area contributed by atoms with Crippen LogP contribution in [-0.4, -0.2) is 43.9 Å². The summed E-state index contributed by atoms with van der Waals surface area (Å²) in [6.07, 6.45) is 5.05. The maximum Gasteiger partial charge on any atom is 0.306 e. The highest BCUT2D eigenvalue weighted by molar-refractivity contribution is 6.30. The van der Waals surface area contributed by atoms with Gasteiger partial charge < -0.3 is 20.1 Å². The van der Waals surface area contributed by atoms with E-state index >= 15 is 4.39 Å². The molecule has 0 saturated heterocycles. The quantitative estimate of drug-likeness (QED) is 0.277. The number of hydrogen-bond acceptors (Lipinski definition) is 5. The zero-order valence-corrected chi connectivity index (χ0v) is 22.5. The van der Waals surface area contributed by atoms with Crippen LogP contribution >= 0.6 is 11.6 Å². The summed E-state index contributed by atoms with van der Waals surface area (Å²) >= 11 is 6.25. The van der Waals surface area contributed by atoms with Crippen LogP contribution in [0.1, 0.15) is 54.8 Å². The lowest BCUT2D eigenvalue weighted by atomic mass is 9.81. The standard InChI is InChI=1S/C30H34ClFN2O5/c31-23-7-8-24-22(16-23)6-9-26(24)33(17-19-1-4-21(5-2-19)30(37)38)18-20-3-10-27(25(32)15-20)39-14-13-34-28(35)11-12-29(34)36/h3,7-8,10-12,15-16,19,21,26,35-36H,1-2,4-6,9,13-14,17-18H2,(H,37,38)/t19?,21?,26-/m0/s1. The van der Waals surface area contributed by atoms with E-state index in [-0.39, 0.29) is 42.6 Å². The van der Waals surface area contributed by atoms with E-state index in [0.29, 0.717) is 25.3 Å². The van der Waals surface area contributed by atoms with Crippen LogP contribution in [0.15, 0.2) is 48.5 Å². The SMILES string of the molecule is O=C(O)C1CCC(CN(Cc2ccc(OCCn3c(O)ccc3O)c(F)c2)[C@H]2CCc3cc(Cl)ccc32)CC1. The van der Waals surface area contributed by atoms with Crippen LogP contribution in [0, 0.1) is 17.7 Å². The van der Waals surface area contributed by atoms with Crippen LogP contribution in [0.2, 0.25) is 5.02 Å². The molecule has 0 aliphatic heterocycles. The highest BCUT2D eigenvalue weighted by Crippen LogP contribution is 2.40. The molecule has 39 heavy (non-hydrogen) atoms. The van der Waals surface area contributed by atoms with Gasteiger partial charge >= 0.3 is 5.97 Å². The lowest BCUT2D eigenvalue weighted by molar-refractivity contribution is -0.143. The van der Waals surface area contributed by atoms with Crippen molar-refractivity contribution in [1.82, 2.24) is 9.47 Å². The number of aliphatic carboxylic acids is 1. The molecule has 208 valence electrons. The molecule has 2 aliphatic rings. The minimum absolute atomic E-state index is 0.0820. The van der Waals surface area contributed by atoms with Gasteiger partial charge in [0.05, 0.1) is 12.5 Å². The van der Waals surface area contributed by atoms with Gasteiger partial charge in [0.2, 0.25) is 0 Å². The lowest BCUT2D eigenvalue weighted by Crippen LogP contribution is -2.34. The Balaban J connectivity index is 1.28. The predicted octanol–water partition coefficient (Wildman–Crippen LogP) is 6.15. The number of aromatic nitrogens is 1. The number of carboxylic acid groups (broad SMARTS) is 1. The fourth-order valence-electron chi connectivity index (χ4n) is 6.09. The molecule has 7 nitrogen and oxygen atoms in total. The van der Waals surface area contributed by atoms with Crippen LogP contribution < -0.4 is 4.74 Å². The molecule has 9 heteroatoms. The van der Waals surface area contributed by atoms with Crippen molar-refractivity contribution < 1.29 is 29.2 Å². The molecular formula is C30H34ClFN2O5. The first-order valence-corrected chi connectivity index (χ1v) is 13.9. The Morgan fingerprint density at radius 1 is 1.03 bits per heavy atom. The summed E-state index contributed by atoms with van der Waals surface area (Å²) in [5, 5.41) is 29.6. The van der Waals surface area contributed by atoms with E-state index in [4.69, 9.17) is 16.3 Å². The number of carboxylic acids is 1. The van der Waals surface area contributed by atoms with Gasteiger partial charge in [0.1, 0.15) is 6.61 Å². The first-order chi connectivity index (χ1) is 18.8. The fourth-order valence-corrected chi connectivity index (χ4v) is 6.28. The molecule has 0 amide bonds. The van der Waals surface area contributed by atoms with E-state index in [1.807, 2.05) is 18.2 Å². The Labute approximate surface area is 232 Å². The van der Waals surface area contributed by atoms with E-state index in [9.17, 15) is 20.1 Å². The number of hydrogen-bond donors (Lipinski definition) is 3. The summed E-state index contributed by atoms with van der Waals surface area (Å²) in [6, 6.07) is 14.0. The number of rotatable bonds is 10. The first-order valence-electron chi connectivity index (χ1n) is 13.5. The number of carbonyl (C=O) groups is 1. The van der Waals surface area contributed by atoms with E-state index in [1.165, 1.54) is 33.9 Å². The monoisotopic (exact) mass is 556 g/mol. The van der Waals surface area contributed by atoms with Gasteiger partial charge in [-0.3, -0.25) is 14.3 Å². The number of nitrogens with zero attached hydrogens (tertiary/aromatic N) is 2. The number of aryl methyl sites for hydroxylation is 1. The van der Waals surface area contributed by atoms with Crippen molar-refractivity contribution in [2.75, 3.05) is 13.2 Å². The Bertz CT molecular complexity index is 1300. The molecule has 0 bridgehead atoms. The molecule has 2 aromatic carbocycles. The molecule has 0 unspecified atom stereocenters. The molecule has 1 saturated carbocycles. The van der Waals surface area contributed by atoms with Crippen molar-refractivity contribution in [3.8, 4) is 17.5 Å². The molecule has 1 atom stereocenters. The van der Waals surface area contributed by atoms with E-state index < -0.39 is 11.8 Å². The van der Waals surface area contributed by atoms with Gasteiger partial charge in [-0.1, -0.05) is 23.7 Å². The Morgan fingerprint density at radius 2 is 1.77 bits per heavy atom. The molecule has 2 aliphatic carbocycles. The van der Waals surface area contributed by atoms with Crippen LogP contribution in [0.5, 0.6) is 17.5 Å². The molecule has 3 aromatic rings. The van der Waals surface area contributed by atoms with Crippen molar-refractivity contribution in [2.24, 2.45) is 11.8 Å². The average Bonchev–Trinajstić information content (AvgIpc) is 3.47. The normalized spacial score (nSPS) is 20.7. The highest BCUT2D eigenvalue weighted by Gasteiger charge is 2.32. The number of aromatic hydroxyl groups is 2. The van der Waals surface area contributed by atoms with Gasteiger partial charge in [-0.2, -0.15) is 0 Å². The fraction of sp³-hybridized carbons (Fsp3) is 0.433. The smallest absolute Gasteiger partial charge is 0.306 e. The topological polar surface area (TPSA) is 95.2 Å². The molecule has 0 radical (unpaired) electrons. The third kappa shape index (κ3) is 6.34. The maximum atomic E-state index is 15.0. The molecule has 1 fully saturated rings. The summed E-state index contributed by atoms with van der Waals surface area (Å²) in [6.45, 7) is 1.64. The minimum atomic E-state index is -0.702. The van der Waals surface area contributed by atoms with Crippen molar-refractivity contribution >= 4 is 17.6 Å². The molecule has 0 spiro atoms. The summed E-state index contributed by atoms with van der Waals surface area (Å²) in [5.74, 6) is -1.08. The second-order valence-corrected chi connectivity index (χ2v) is 11.1. The molecule has 5 rings (SSSR count). The van der Waals surface area contributed by atoms with Crippen LogP contribution in [0.3, 0.4) is 0 Å². The van der Waals surface area contributed by atoms with Crippen molar-refractivity contribution in [3.63, 3.8) is 0 Å². The molecular weight excluding hydrogens is 523 g/mol. The number of fused-ring (bicyclic) bond motifs is 1. The summed E-state index contributed by atoms with van der Waals surface area (Å²) in [5.41, 5.74) is 3.35. The summed E-state index contributed by atoms with van der Waals surface area (Å²) in [7, 11) is 0. The zero-order valence-electron chi connectivity index (χ0n) is 21.7. The van der Waals surface area contributed by atoms with Crippen LogP contribution in [0.4, 0.5) is 4.39 Å². The first kappa shape index (κ1) is 27.3. The Hall–Kier alpha value is -3.23. The van der Waals surface area contributed by atoms with E-state index in [2.05, 4.69) is 11.0 Å². The van der Waals surface area contributed by atoms with Crippen LogP contribution in [0.25, 0.3) is 0 Å². The minimum Gasteiger partial charge on any atom is -0.494 e. The van der Waals surface area contributed by atoms with Gasteiger partial charge in [-0.25, -0.2) is 4.39 Å². The zero-order chi connectivity index (χ0) is 27.5. The number of ether oxygens (including phenoxy) is 1. The number of benzene rings is 2. The van der Waals surface area contributed by atoms with Crippen molar-refractivity contribution in [2.45, 2.75) is 57.7 Å². The summed E-state index contributed by atoms with van der Waals surface area (Å²) in [4.78, 5) is 13.8. The van der Waals surface area contributed by atoms with Gasteiger partial charge in [-0.15, -0.1) is 0 Å². The van der Waals surface area contributed by atoms with E-state index in [1.54, 1.807) is 6.07 Å². The Kier molecular flexibility index (Phi) is 8.33. The van der Waals surface area contributed by atoms with Crippen molar-refractivity contribution in [3.05, 3.63) is 76.1 Å². The highest BCUT2D eigenvalue weighted by atomic mass is 35.5. The van der Waals surface area contributed by atoms with Gasteiger partial charge in [0.15, 0.2) is 23.3 Å². The third-order valence-corrected chi connectivity index (χ3v) is 8.40. The molecule has 1 aromatic heterocycles. The second kappa shape index (κ2) is 11.9. The van der Waals surface area contributed by atoms with Gasteiger partial charge in [0, 0.05) is 36.3 Å².